The van der Waals surface area contributed by atoms with Gasteiger partial charge in [0.1, 0.15) is 11.9 Å². The molecular formula is C13H16Cl3N3O2S. The molecule has 1 aromatic carbocycles. The first kappa shape index (κ1) is 19.1. The highest BCUT2D eigenvalue weighted by Gasteiger charge is 2.34. The lowest BCUT2D eigenvalue weighted by atomic mass is 10.3. The molecular weight excluding hydrogens is 369 g/mol. The Hall–Kier alpha value is -0.950. The number of halogens is 3. The molecule has 0 spiro atoms. The number of thiocarbonyl (C=S) groups is 1. The standard InChI is InChI=1S/C13H16Cl3N3O2S/c1-2-4-10(21)18-11(13(14,15)16)19-12(22)17-8-5-3-6-9(20)7-8/h3,5-7,11,20H,2,4H2,1H3,(H,18,21)(H2,17,19,22). The summed E-state index contributed by atoms with van der Waals surface area (Å²) < 4.78 is -1.78. The highest BCUT2D eigenvalue weighted by Crippen LogP contribution is 2.29. The molecule has 22 heavy (non-hydrogen) atoms. The molecule has 4 N–H and O–H groups in total. The molecule has 0 aromatic heterocycles. The van der Waals surface area contributed by atoms with Crippen molar-refractivity contribution in [2.45, 2.75) is 29.7 Å². The van der Waals surface area contributed by atoms with Crippen molar-refractivity contribution in [3.8, 4) is 5.75 Å². The molecule has 1 unspecified atom stereocenters. The lowest BCUT2D eigenvalue weighted by Crippen LogP contribution is -2.56. The Labute approximate surface area is 149 Å². The predicted molar refractivity (Wildman–Crippen MR) is 94.6 cm³/mol. The maximum atomic E-state index is 11.7. The zero-order valence-electron chi connectivity index (χ0n) is 11.7. The first-order valence-corrected chi connectivity index (χ1v) is 7.99. The Bertz CT molecular complexity index is 538. The number of benzene rings is 1. The number of phenols is 1. The summed E-state index contributed by atoms with van der Waals surface area (Å²) in [6, 6.07) is 6.36. The molecule has 0 saturated heterocycles. The van der Waals surface area contributed by atoms with Crippen LogP contribution in [0.3, 0.4) is 0 Å². The maximum Gasteiger partial charge on any atom is 0.228 e. The van der Waals surface area contributed by atoms with Crippen LogP contribution in [0.25, 0.3) is 0 Å². The van der Waals surface area contributed by atoms with Gasteiger partial charge in [0.25, 0.3) is 0 Å². The van der Waals surface area contributed by atoms with Gasteiger partial charge in [-0.15, -0.1) is 0 Å². The van der Waals surface area contributed by atoms with Gasteiger partial charge in [-0.2, -0.15) is 0 Å². The van der Waals surface area contributed by atoms with Crippen LogP contribution in [0.5, 0.6) is 5.75 Å². The number of aromatic hydroxyl groups is 1. The monoisotopic (exact) mass is 383 g/mol. The van der Waals surface area contributed by atoms with Crippen LogP contribution in [-0.2, 0) is 4.79 Å². The Kier molecular flexibility index (Phi) is 7.48. The molecule has 0 heterocycles. The van der Waals surface area contributed by atoms with Crippen LogP contribution in [0.15, 0.2) is 24.3 Å². The second-order valence-corrected chi connectivity index (χ2v) is 7.22. The summed E-state index contributed by atoms with van der Waals surface area (Å²) in [5.41, 5.74) is 0.556. The third kappa shape index (κ3) is 6.87. The van der Waals surface area contributed by atoms with E-state index in [9.17, 15) is 9.90 Å². The average Bonchev–Trinajstić information content (AvgIpc) is 2.37. The van der Waals surface area contributed by atoms with Gasteiger partial charge in [0.05, 0.1) is 0 Å². The number of phenolic OH excluding ortho intramolecular Hbond substituents is 1. The van der Waals surface area contributed by atoms with Gasteiger partial charge in [0, 0.05) is 18.2 Å². The Balaban J connectivity index is 2.68. The minimum absolute atomic E-state index is 0.0852. The molecule has 0 aliphatic heterocycles. The van der Waals surface area contributed by atoms with E-state index in [0.717, 1.165) is 0 Å². The highest BCUT2D eigenvalue weighted by molar-refractivity contribution is 7.80. The molecule has 122 valence electrons. The van der Waals surface area contributed by atoms with Crippen molar-refractivity contribution >= 4 is 63.7 Å². The van der Waals surface area contributed by atoms with Crippen LogP contribution in [0.1, 0.15) is 19.8 Å². The molecule has 9 heteroatoms. The molecule has 0 radical (unpaired) electrons. The third-order valence-electron chi connectivity index (χ3n) is 2.49. The fourth-order valence-corrected chi connectivity index (χ4v) is 2.10. The van der Waals surface area contributed by atoms with Crippen molar-refractivity contribution < 1.29 is 9.90 Å². The van der Waals surface area contributed by atoms with Gasteiger partial charge in [0.2, 0.25) is 9.70 Å². The van der Waals surface area contributed by atoms with Crippen molar-refractivity contribution in [2.24, 2.45) is 0 Å². The lowest BCUT2D eigenvalue weighted by molar-refractivity contribution is -0.121. The molecule has 0 aliphatic carbocycles. The molecule has 0 fully saturated rings. The zero-order valence-corrected chi connectivity index (χ0v) is 14.8. The first-order chi connectivity index (χ1) is 10.2. The number of amides is 1. The summed E-state index contributed by atoms with van der Waals surface area (Å²) in [5.74, 6) is -0.173. The van der Waals surface area contributed by atoms with Crippen molar-refractivity contribution in [1.82, 2.24) is 10.6 Å². The van der Waals surface area contributed by atoms with Crippen LogP contribution >= 0.6 is 47.0 Å². The fraction of sp³-hybridized carbons (Fsp3) is 0.385. The number of alkyl halides is 3. The second kappa shape index (κ2) is 8.62. The summed E-state index contributed by atoms with van der Waals surface area (Å²) in [6.07, 6.45) is -0.00958. The smallest absolute Gasteiger partial charge is 0.228 e. The summed E-state index contributed by atoms with van der Waals surface area (Å²) in [5, 5.41) is 17.6. The molecule has 0 aliphatic rings. The van der Waals surface area contributed by atoms with Crippen molar-refractivity contribution in [3.05, 3.63) is 24.3 Å². The molecule has 1 aromatic rings. The van der Waals surface area contributed by atoms with E-state index >= 15 is 0 Å². The Morgan fingerprint density at radius 2 is 2.05 bits per heavy atom. The van der Waals surface area contributed by atoms with Crippen molar-refractivity contribution in [1.29, 1.82) is 0 Å². The molecule has 0 saturated carbocycles. The largest absolute Gasteiger partial charge is 0.508 e. The van der Waals surface area contributed by atoms with Gasteiger partial charge in [-0.3, -0.25) is 4.79 Å². The number of carbonyl (C=O) groups is 1. The van der Waals surface area contributed by atoms with E-state index in [4.69, 9.17) is 47.0 Å². The topological polar surface area (TPSA) is 73.4 Å². The SMILES string of the molecule is CCCC(=O)NC(NC(=S)Nc1cccc(O)c1)C(Cl)(Cl)Cl. The average molecular weight is 385 g/mol. The van der Waals surface area contributed by atoms with E-state index in [0.29, 0.717) is 18.5 Å². The molecule has 1 rings (SSSR count). The van der Waals surface area contributed by atoms with Gasteiger partial charge >= 0.3 is 0 Å². The first-order valence-electron chi connectivity index (χ1n) is 6.45. The van der Waals surface area contributed by atoms with E-state index < -0.39 is 9.96 Å². The zero-order chi connectivity index (χ0) is 16.8. The van der Waals surface area contributed by atoms with E-state index in [1.165, 1.54) is 12.1 Å². The van der Waals surface area contributed by atoms with Crippen molar-refractivity contribution in [2.75, 3.05) is 5.32 Å². The van der Waals surface area contributed by atoms with Crippen molar-refractivity contribution in [3.63, 3.8) is 0 Å². The summed E-state index contributed by atoms with van der Waals surface area (Å²) in [6.45, 7) is 1.87. The number of nitrogens with one attached hydrogen (secondary N) is 3. The molecule has 1 amide bonds. The Morgan fingerprint density at radius 3 is 2.59 bits per heavy atom. The number of hydrogen-bond donors (Lipinski definition) is 4. The molecule has 5 nitrogen and oxygen atoms in total. The molecule has 0 bridgehead atoms. The van der Waals surface area contributed by atoms with Gasteiger partial charge < -0.3 is 21.1 Å². The van der Waals surface area contributed by atoms with Gasteiger partial charge in [-0.1, -0.05) is 47.8 Å². The predicted octanol–water partition coefficient (Wildman–Crippen LogP) is 3.29. The Morgan fingerprint density at radius 1 is 1.36 bits per heavy atom. The maximum absolute atomic E-state index is 11.7. The fourth-order valence-electron chi connectivity index (χ4n) is 1.54. The number of carbonyl (C=O) groups excluding carboxylic acids is 1. The van der Waals surface area contributed by atoms with Crippen LogP contribution in [0.2, 0.25) is 0 Å². The van der Waals surface area contributed by atoms with Crippen LogP contribution < -0.4 is 16.0 Å². The highest BCUT2D eigenvalue weighted by atomic mass is 35.6. The van der Waals surface area contributed by atoms with E-state index in [1.54, 1.807) is 12.1 Å². The van der Waals surface area contributed by atoms with E-state index in [1.807, 2.05) is 6.92 Å². The quantitative estimate of drug-likeness (QED) is 0.356. The minimum atomic E-state index is -1.78. The van der Waals surface area contributed by atoms with Gasteiger partial charge in [-0.05, 0) is 30.8 Å². The second-order valence-electron chi connectivity index (χ2n) is 4.44. The van der Waals surface area contributed by atoms with Crippen LogP contribution in [-0.4, -0.2) is 26.1 Å². The number of rotatable bonds is 5. The van der Waals surface area contributed by atoms with Crippen LogP contribution in [0.4, 0.5) is 5.69 Å². The lowest BCUT2D eigenvalue weighted by Gasteiger charge is -2.27. The number of hydrogen-bond acceptors (Lipinski definition) is 3. The normalized spacial score (nSPS) is 12.4. The number of anilines is 1. The summed E-state index contributed by atoms with van der Waals surface area (Å²) >= 11 is 22.6. The molecule has 1 atom stereocenters. The van der Waals surface area contributed by atoms with E-state index in [-0.39, 0.29) is 16.8 Å². The van der Waals surface area contributed by atoms with Crippen LogP contribution in [0, 0.1) is 0 Å². The summed E-state index contributed by atoms with van der Waals surface area (Å²) in [4.78, 5) is 11.7. The minimum Gasteiger partial charge on any atom is -0.508 e. The summed E-state index contributed by atoms with van der Waals surface area (Å²) in [7, 11) is 0. The van der Waals surface area contributed by atoms with Gasteiger partial charge in [0.15, 0.2) is 5.11 Å². The van der Waals surface area contributed by atoms with Gasteiger partial charge in [-0.25, -0.2) is 0 Å². The third-order valence-corrected chi connectivity index (χ3v) is 3.36. The van der Waals surface area contributed by atoms with E-state index in [2.05, 4.69) is 16.0 Å².